The van der Waals surface area contributed by atoms with Gasteiger partial charge in [-0.3, -0.25) is 9.10 Å². The van der Waals surface area contributed by atoms with E-state index in [1.807, 2.05) is 19.9 Å². The third-order valence-electron chi connectivity index (χ3n) is 4.19. The molecule has 0 aliphatic heterocycles. The topological polar surface area (TPSA) is 92.8 Å². The quantitative estimate of drug-likeness (QED) is 0.696. The van der Waals surface area contributed by atoms with Gasteiger partial charge in [0.2, 0.25) is 15.9 Å². The SMILES string of the molecule is COC(=O)c1ccc(Cl)c(NC(=O)[C@H](C)N(c2cc(C)cc(C)c2)S(C)(=O)=O)c1. The average molecular weight is 439 g/mol. The van der Waals surface area contributed by atoms with Crippen molar-refractivity contribution in [2.24, 2.45) is 0 Å². The molecule has 0 bridgehead atoms. The van der Waals surface area contributed by atoms with Gasteiger partial charge in [0.15, 0.2) is 0 Å². The molecule has 0 heterocycles. The van der Waals surface area contributed by atoms with E-state index in [1.165, 1.54) is 32.2 Å². The van der Waals surface area contributed by atoms with E-state index in [0.29, 0.717) is 5.69 Å². The molecule has 1 N–H and O–H groups in total. The highest BCUT2D eigenvalue weighted by Gasteiger charge is 2.30. The second-order valence-corrected chi connectivity index (χ2v) is 9.02. The first-order chi connectivity index (χ1) is 13.4. The minimum atomic E-state index is -3.76. The predicted octanol–water partition coefficient (Wildman–Crippen LogP) is 3.54. The summed E-state index contributed by atoms with van der Waals surface area (Å²) in [7, 11) is -2.52. The minimum absolute atomic E-state index is 0.181. The number of methoxy groups -OCH3 is 1. The number of carbonyl (C=O) groups excluding carboxylic acids is 2. The standard InChI is InChI=1S/C20H23ClN2O5S/c1-12-8-13(2)10-16(9-12)23(29(5,26)27)14(3)19(24)22-18-11-15(20(25)28-4)6-7-17(18)21/h6-11,14H,1-5H3,(H,22,24)/t14-/m0/s1. The maximum atomic E-state index is 12.9. The van der Waals surface area contributed by atoms with Crippen molar-refractivity contribution in [3.8, 4) is 0 Å². The van der Waals surface area contributed by atoms with E-state index in [9.17, 15) is 18.0 Å². The molecule has 9 heteroatoms. The van der Waals surface area contributed by atoms with Gasteiger partial charge in [-0.2, -0.15) is 0 Å². The van der Waals surface area contributed by atoms with E-state index in [0.717, 1.165) is 21.7 Å². The van der Waals surface area contributed by atoms with Crippen molar-refractivity contribution in [3.05, 3.63) is 58.1 Å². The van der Waals surface area contributed by atoms with Gasteiger partial charge < -0.3 is 10.1 Å². The number of anilines is 2. The number of rotatable bonds is 6. The number of ether oxygens (including phenoxy) is 1. The third-order valence-corrected chi connectivity index (χ3v) is 5.77. The maximum absolute atomic E-state index is 12.9. The molecular formula is C20H23ClN2O5S. The molecule has 0 saturated carbocycles. The van der Waals surface area contributed by atoms with Crippen LogP contribution < -0.4 is 9.62 Å². The van der Waals surface area contributed by atoms with Gasteiger partial charge >= 0.3 is 5.97 Å². The zero-order chi connectivity index (χ0) is 21.9. The largest absolute Gasteiger partial charge is 0.465 e. The van der Waals surface area contributed by atoms with Crippen molar-refractivity contribution in [2.45, 2.75) is 26.8 Å². The van der Waals surface area contributed by atoms with Crippen LogP contribution in [0.1, 0.15) is 28.4 Å². The molecule has 0 fully saturated rings. The second-order valence-electron chi connectivity index (χ2n) is 6.76. The van der Waals surface area contributed by atoms with Crippen molar-refractivity contribution in [3.63, 3.8) is 0 Å². The zero-order valence-electron chi connectivity index (χ0n) is 16.8. The number of sulfonamides is 1. The number of carbonyl (C=O) groups is 2. The first-order valence-electron chi connectivity index (χ1n) is 8.70. The Kier molecular flexibility index (Phi) is 6.92. The van der Waals surface area contributed by atoms with Crippen LogP contribution in [0.15, 0.2) is 36.4 Å². The monoisotopic (exact) mass is 438 g/mol. The van der Waals surface area contributed by atoms with Gasteiger partial charge in [0.25, 0.3) is 0 Å². The number of nitrogens with zero attached hydrogens (tertiary/aromatic N) is 1. The minimum Gasteiger partial charge on any atom is -0.465 e. The van der Waals surface area contributed by atoms with Gasteiger partial charge in [-0.25, -0.2) is 13.2 Å². The number of hydrogen-bond acceptors (Lipinski definition) is 5. The smallest absolute Gasteiger partial charge is 0.337 e. The van der Waals surface area contributed by atoms with Crippen LogP contribution >= 0.6 is 11.6 Å². The molecule has 7 nitrogen and oxygen atoms in total. The van der Waals surface area contributed by atoms with E-state index in [4.69, 9.17) is 11.6 Å². The van der Waals surface area contributed by atoms with Crippen molar-refractivity contribution in [1.82, 2.24) is 0 Å². The Bertz CT molecular complexity index is 1030. The molecule has 1 amide bonds. The average Bonchev–Trinajstić information content (AvgIpc) is 2.60. The van der Waals surface area contributed by atoms with Crippen LogP contribution in [0.3, 0.4) is 0 Å². The van der Waals surface area contributed by atoms with Crippen molar-refractivity contribution in [2.75, 3.05) is 23.0 Å². The lowest BCUT2D eigenvalue weighted by molar-refractivity contribution is -0.116. The van der Waals surface area contributed by atoms with Gasteiger partial charge in [-0.1, -0.05) is 17.7 Å². The van der Waals surface area contributed by atoms with Crippen molar-refractivity contribution < 1.29 is 22.7 Å². The molecule has 2 aromatic carbocycles. The first-order valence-corrected chi connectivity index (χ1v) is 10.9. The van der Waals surface area contributed by atoms with Crippen LogP contribution in [-0.2, 0) is 19.6 Å². The van der Waals surface area contributed by atoms with Gasteiger partial charge in [0.1, 0.15) is 6.04 Å². The summed E-state index contributed by atoms with van der Waals surface area (Å²) in [6, 6.07) is 8.53. The van der Waals surface area contributed by atoms with Crippen molar-refractivity contribution in [1.29, 1.82) is 0 Å². The highest BCUT2D eigenvalue weighted by molar-refractivity contribution is 7.92. The van der Waals surface area contributed by atoms with E-state index in [-0.39, 0.29) is 16.3 Å². The number of hydrogen-bond donors (Lipinski definition) is 1. The number of amides is 1. The molecule has 2 rings (SSSR count). The molecule has 0 radical (unpaired) electrons. The molecule has 0 aromatic heterocycles. The third kappa shape index (κ3) is 5.48. The molecular weight excluding hydrogens is 416 g/mol. The van der Waals surface area contributed by atoms with Crippen LogP contribution in [0.4, 0.5) is 11.4 Å². The molecule has 0 spiro atoms. The Hall–Kier alpha value is -2.58. The lowest BCUT2D eigenvalue weighted by atomic mass is 10.1. The number of nitrogens with one attached hydrogen (secondary N) is 1. The van der Waals surface area contributed by atoms with Crippen LogP contribution in [0, 0.1) is 13.8 Å². The summed E-state index contributed by atoms with van der Waals surface area (Å²) in [6.45, 7) is 5.17. The summed E-state index contributed by atoms with van der Waals surface area (Å²) in [5.41, 5.74) is 2.52. The van der Waals surface area contributed by atoms with Gasteiger partial charge in [0.05, 0.1) is 35.3 Å². The summed E-state index contributed by atoms with van der Waals surface area (Å²) in [4.78, 5) is 24.6. The molecule has 0 aliphatic rings. The van der Waals surface area contributed by atoms with Crippen molar-refractivity contribution >= 4 is 44.9 Å². The van der Waals surface area contributed by atoms with Crippen LogP contribution in [0.5, 0.6) is 0 Å². The van der Waals surface area contributed by atoms with E-state index < -0.39 is 27.9 Å². The van der Waals surface area contributed by atoms with E-state index in [1.54, 1.807) is 12.1 Å². The number of halogens is 1. The van der Waals surface area contributed by atoms with Crippen LogP contribution in [0.2, 0.25) is 5.02 Å². The van der Waals surface area contributed by atoms with Crippen LogP contribution in [-0.4, -0.2) is 39.7 Å². The first kappa shape index (κ1) is 22.7. The predicted molar refractivity (Wildman–Crippen MR) is 114 cm³/mol. The molecule has 0 unspecified atom stereocenters. The lowest BCUT2D eigenvalue weighted by Crippen LogP contribution is -2.45. The summed E-state index contributed by atoms with van der Waals surface area (Å²) >= 11 is 6.12. The summed E-state index contributed by atoms with van der Waals surface area (Å²) in [5.74, 6) is -1.18. The lowest BCUT2D eigenvalue weighted by Gasteiger charge is -2.29. The summed E-state index contributed by atoms with van der Waals surface area (Å²) in [5, 5.41) is 2.80. The fraction of sp³-hybridized carbons (Fsp3) is 0.300. The molecule has 1 atom stereocenters. The molecule has 29 heavy (non-hydrogen) atoms. The fourth-order valence-electron chi connectivity index (χ4n) is 2.99. The van der Waals surface area contributed by atoms with Gasteiger partial charge in [0, 0.05) is 0 Å². The Morgan fingerprint density at radius 3 is 2.21 bits per heavy atom. The number of aryl methyl sites for hydroxylation is 2. The number of benzene rings is 2. The highest BCUT2D eigenvalue weighted by Crippen LogP contribution is 2.27. The number of esters is 1. The Labute approximate surface area is 175 Å². The molecule has 156 valence electrons. The highest BCUT2D eigenvalue weighted by atomic mass is 35.5. The Balaban J connectivity index is 2.39. The molecule has 0 saturated heterocycles. The fourth-order valence-corrected chi connectivity index (χ4v) is 4.31. The van der Waals surface area contributed by atoms with E-state index in [2.05, 4.69) is 10.1 Å². The maximum Gasteiger partial charge on any atom is 0.337 e. The van der Waals surface area contributed by atoms with Gasteiger partial charge in [-0.15, -0.1) is 0 Å². The summed E-state index contributed by atoms with van der Waals surface area (Å²) in [6.07, 6.45) is 1.04. The van der Waals surface area contributed by atoms with Crippen LogP contribution in [0.25, 0.3) is 0 Å². The molecule has 2 aromatic rings. The molecule has 0 aliphatic carbocycles. The van der Waals surface area contributed by atoms with Gasteiger partial charge in [-0.05, 0) is 62.2 Å². The van der Waals surface area contributed by atoms with E-state index >= 15 is 0 Å². The summed E-state index contributed by atoms with van der Waals surface area (Å²) < 4.78 is 30.6. The normalized spacial score (nSPS) is 12.2. The Morgan fingerprint density at radius 2 is 1.69 bits per heavy atom. The zero-order valence-corrected chi connectivity index (χ0v) is 18.4. The Morgan fingerprint density at radius 1 is 1.10 bits per heavy atom. The second kappa shape index (κ2) is 8.84.